The van der Waals surface area contributed by atoms with Crippen LogP contribution >= 0.6 is 0 Å². The van der Waals surface area contributed by atoms with E-state index in [-0.39, 0.29) is 0 Å². The number of para-hydroxylation sites is 2. The zero-order valence-corrected chi connectivity index (χ0v) is 18.5. The van der Waals surface area contributed by atoms with Gasteiger partial charge in [-0.25, -0.2) is 0 Å². The van der Waals surface area contributed by atoms with Gasteiger partial charge in [0.1, 0.15) is 0 Å². The smallest absolute Gasteiger partial charge is 0.0564 e. The van der Waals surface area contributed by atoms with E-state index in [9.17, 15) is 0 Å². The molecule has 2 nitrogen and oxygen atoms in total. The summed E-state index contributed by atoms with van der Waals surface area (Å²) in [4.78, 5) is 0. The first-order chi connectivity index (χ1) is 15.2. The van der Waals surface area contributed by atoms with Crippen LogP contribution in [0.15, 0.2) is 78.9 Å². The number of hydrogen-bond donors (Lipinski definition) is 0. The van der Waals surface area contributed by atoms with Gasteiger partial charge in [-0.1, -0.05) is 78.9 Å². The van der Waals surface area contributed by atoms with E-state index in [1.165, 1.54) is 49.9 Å². The van der Waals surface area contributed by atoms with Gasteiger partial charge in [0, 0.05) is 51.7 Å². The molecule has 0 saturated carbocycles. The lowest BCUT2D eigenvalue weighted by molar-refractivity contribution is 0.769. The van der Waals surface area contributed by atoms with Crippen molar-refractivity contribution in [2.75, 3.05) is 0 Å². The summed E-state index contributed by atoms with van der Waals surface area (Å²) in [5, 5.41) is 2.62. The Hall–Kier alpha value is -3.52. The average Bonchev–Trinajstić information content (AvgIpc) is 3.29. The van der Waals surface area contributed by atoms with Crippen LogP contribution in [-0.4, -0.2) is 9.13 Å². The van der Waals surface area contributed by atoms with Gasteiger partial charge in [-0.15, -0.1) is 0 Å². The van der Waals surface area contributed by atoms with E-state index >= 15 is 0 Å². The number of rotatable bonds is 5. The predicted octanol–water partition coefficient (Wildman–Crippen LogP) is 7.78. The molecule has 0 aliphatic heterocycles. The van der Waals surface area contributed by atoms with Gasteiger partial charge in [-0.2, -0.15) is 0 Å². The minimum absolute atomic E-state index is 0.937. The summed E-state index contributed by atoms with van der Waals surface area (Å²) >= 11 is 0. The lowest BCUT2D eigenvalue weighted by Crippen LogP contribution is -1.97. The molecule has 5 rings (SSSR count). The molecule has 0 amide bonds. The van der Waals surface area contributed by atoms with Crippen LogP contribution in [0.1, 0.15) is 30.7 Å². The normalized spacial score (nSPS) is 11.8. The molecule has 0 fully saturated rings. The molecule has 2 heterocycles. The van der Waals surface area contributed by atoms with E-state index in [0.29, 0.717) is 0 Å². The molecular formula is C29H28N2. The molecule has 31 heavy (non-hydrogen) atoms. The molecule has 0 radical (unpaired) electrons. The minimum atomic E-state index is 0.937. The molecule has 154 valence electrons. The van der Waals surface area contributed by atoms with Crippen molar-refractivity contribution >= 4 is 34.0 Å². The van der Waals surface area contributed by atoms with Gasteiger partial charge >= 0.3 is 0 Å². The Kier molecular flexibility index (Phi) is 4.99. The van der Waals surface area contributed by atoms with E-state index < -0.39 is 0 Å². The third kappa shape index (κ3) is 3.11. The molecule has 0 bridgehead atoms. The molecule has 5 aromatic rings. The van der Waals surface area contributed by atoms with Crippen molar-refractivity contribution in [3.05, 3.63) is 95.7 Å². The highest BCUT2D eigenvalue weighted by Gasteiger charge is 2.16. The predicted molar refractivity (Wildman–Crippen MR) is 134 cm³/mol. The summed E-state index contributed by atoms with van der Waals surface area (Å²) in [6.45, 7) is 8.59. The van der Waals surface area contributed by atoms with Crippen LogP contribution in [0, 0.1) is 6.92 Å². The Morgan fingerprint density at radius 2 is 1.13 bits per heavy atom. The minimum Gasteiger partial charge on any atom is -0.345 e. The molecule has 2 heteroatoms. The van der Waals surface area contributed by atoms with Gasteiger partial charge in [-0.05, 0) is 38.5 Å². The zero-order chi connectivity index (χ0) is 21.4. The molecular weight excluding hydrogens is 376 g/mol. The SMILES string of the molecule is CCn1c(C)c(C=Cc2c(-c3ccccc3)n(CC)c3ccccc23)c2ccccc21. The number of aryl methyl sites for hydroxylation is 2. The first-order valence-corrected chi connectivity index (χ1v) is 11.2. The van der Waals surface area contributed by atoms with E-state index in [0.717, 1.165) is 13.1 Å². The maximum absolute atomic E-state index is 2.44. The first-order valence-electron chi connectivity index (χ1n) is 11.2. The quantitative estimate of drug-likeness (QED) is 0.283. The Morgan fingerprint density at radius 3 is 1.77 bits per heavy atom. The molecule has 0 spiro atoms. The highest BCUT2D eigenvalue weighted by atomic mass is 15.0. The number of aromatic nitrogens is 2. The van der Waals surface area contributed by atoms with Gasteiger partial charge in [0.2, 0.25) is 0 Å². The van der Waals surface area contributed by atoms with Crippen molar-refractivity contribution in [3.8, 4) is 11.3 Å². The summed E-state index contributed by atoms with van der Waals surface area (Å²) in [7, 11) is 0. The van der Waals surface area contributed by atoms with Crippen LogP contribution < -0.4 is 0 Å². The average molecular weight is 405 g/mol. The van der Waals surface area contributed by atoms with Gasteiger partial charge in [0.25, 0.3) is 0 Å². The van der Waals surface area contributed by atoms with Crippen molar-refractivity contribution in [1.29, 1.82) is 0 Å². The summed E-state index contributed by atoms with van der Waals surface area (Å²) in [5.41, 5.74) is 9.06. The fourth-order valence-corrected chi connectivity index (χ4v) is 4.98. The van der Waals surface area contributed by atoms with Crippen LogP contribution in [0.25, 0.3) is 45.2 Å². The number of benzene rings is 3. The largest absolute Gasteiger partial charge is 0.345 e. The van der Waals surface area contributed by atoms with Crippen LogP contribution in [0.2, 0.25) is 0 Å². The van der Waals surface area contributed by atoms with Crippen LogP contribution in [0.5, 0.6) is 0 Å². The fourth-order valence-electron chi connectivity index (χ4n) is 4.98. The second kappa shape index (κ2) is 7.96. The van der Waals surface area contributed by atoms with Crippen molar-refractivity contribution in [3.63, 3.8) is 0 Å². The summed E-state index contributed by atoms with van der Waals surface area (Å²) in [6.07, 6.45) is 4.64. The second-order valence-electron chi connectivity index (χ2n) is 7.98. The van der Waals surface area contributed by atoms with Crippen LogP contribution in [0.4, 0.5) is 0 Å². The molecule has 0 atom stereocenters. The Morgan fingerprint density at radius 1 is 0.613 bits per heavy atom. The lowest BCUT2D eigenvalue weighted by Gasteiger charge is -2.09. The van der Waals surface area contributed by atoms with Gasteiger partial charge in [-0.3, -0.25) is 0 Å². The summed E-state index contributed by atoms with van der Waals surface area (Å²) < 4.78 is 4.84. The molecule has 0 aliphatic carbocycles. The second-order valence-corrected chi connectivity index (χ2v) is 7.98. The van der Waals surface area contributed by atoms with E-state index in [2.05, 4.69) is 121 Å². The summed E-state index contributed by atoms with van der Waals surface area (Å²) in [6, 6.07) is 28.2. The fraction of sp³-hybridized carbons (Fsp3) is 0.172. The van der Waals surface area contributed by atoms with Gasteiger partial charge < -0.3 is 9.13 Å². The van der Waals surface area contributed by atoms with Gasteiger partial charge in [0.05, 0.1) is 5.69 Å². The third-order valence-corrected chi connectivity index (χ3v) is 6.39. The molecule has 0 aliphatic rings. The molecule has 0 saturated heterocycles. The topological polar surface area (TPSA) is 9.86 Å². The maximum atomic E-state index is 2.44. The molecule has 0 N–H and O–H groups in total. The number of nitrogens with zero attached hydrogens (tertiary/aromatic N) is 2. The van der Waals surface area contributed by atoms with E-state index in [1.807, 2.05) is 0 Å². The molecule has 3 aromatic carbocycles. The summed E-state index contributed by atoms with van der Waals surface area (Å²) in [5.74, 6) is 0. The van der Waals surface area contributed by atoms with Crippen LogP contribution in [-0.2, 0) is 13.1 Å². The first kappa shape index (κ1) is 19.4. The van der Waals surface area contributed by atoms with Crippen molar-refractivity contribution < 1.29 is 0 Å². The van der Waals surface area contributed by atoms with Gasteiger partial charge in [0.15, 0.2) is 0 Å². The number of fused-ring (bicyclic) bond motifs is 2. The van der Waals surface area contributed by atoms with Crippen molar-refractivity contribution in [2.24, 2.45) is 0 Å². The Labute approximate surface area is 184 Å². The lowest BCUT2D eigenvalue weighted by atomic mass is 10.0. The van der Waals surface area contributed by atoms with E-state index in [1.54, 1.807) is 0 Å². The zero-order valence-electron chi connectivity index (χ0n) is 18.5. The highest BCUT2D eigenvalue weighted by molar-refractivity contribution is 6.02. The van der Waals surface area contributed by atoms with Crippen LogP contribution in [0.3, 0.4) is 0 Å². The standard InChI is InChI=1S/C29H28N2/c1-4-30-21(3)23(24-15-9-11-17-27(24)30)19-20-26-25-16-10-12-18-28(25)31(5-2)29(26)22-13-7-6-8-14-22/h6-20H,4-5H2,1-3H3. The molecule has 0 unspecified atom stereocenters. The number of hydrogen-bond acceptors (Lipinski definition) is 0. The maximum Gasteiger partial charge on any atom is 0.0564 e. The van der Waals surface area contributed by atoms with Crippen molar-refractivity contribution in [1.82, 2.24) is 9.13 Å². The monoisotopic (exact) mass is 404 g/mol. The van der Waals surface area contributed by atoms with E-state index in [4.69, 9.17) is 0 Å². The molecule has 2 aromatic heterocycles. The Bertz CT molecular complexity index is 1400. The highest BCUT2D eigenvalue weighted by Crippen LogP contribution is 2.36. The third-order valence-electron chi connectivity index (χ3n) is 6.39. The van der Waals surface area contributed by atoms with Crippen molar-refractivity contribution in [2.45, 2.75) is 33.9 Å². The Balaban J connectivity index is 1.77.